The molecule has 1 aliphatic rings. The maximum Gasteiger partial charge on any atom is 0.264 e. The second kappa shape index (κ2) is 7.59. The molecule has 24 heavy (non-hydrogen) atoms. The van der Waals surface area contributed by atoms with E-state index in [9.17, 15) is 4.79 Å². The van der Waals surface area contributed by atoms with E-state index in [-0.39, 0.29) is 5.91 Å². The average molecular weight is 339 g/mol. The molecule has 124 valence electrons. The summed E-state index contributed by atoms with van der Waals surface area (Å²) in [5.41, 5.74) is 2.32. The van der Waals surface area contributed by atoms with E-state index >= 15 is 0 Å². The molecule has 0 aliphatic heterocycles. The third kappa shape index (κ3) is 3.82. The fraction of sp³-hybridized carbons (Fsp3) is 0.421. The van der Waals surface area contributed by atoms with Gasteiger partial charge in [0.1, 0.15) is 0 Å². The Bertz CT molecular complexity index is 748. The first kappa shape index (κ1) is 16.7. The fourth-order valence-corrected chi connectivity index (χ4v) is 4.29. The minimum atomic E-state index is 0.0288. The standard InChI is InChI=1S/C19H21N3OS/c1-14-5-6-17-16(10-14)11-18(24-17)19(23)22(9-3-7-20)13-15-4-2-8-21-12-15/h2,4,8,11-12,14H,3,5-6,9-10,13H2,1H3. The van der Waals surface area contributed by atoms with Crippen LogP contribution in [0.5, 0.6) is 0 Å². The Kier molecular flexibility index (Phi) is 5.27. The van der Waals surface area contributed by atoms with Crippen molar-refractivity contribution in [2.24, 2.45) is 5.92 Å². The molecule has 0 saturated heterocycles. The monoisotopic (exact) mass is 339 g/mol. The van der Waals surface area contributed by atoms with Gasteiger partial charge in [-0.3, -0.25) is 9.78 Å². The Morgan fingerprint density at radius 2 is 2.42 bits per heavy atom. The Morgan fingerprint density at radius 1 is 1.54 bits per heavy atom. The van der Waals surface area contributed by atoms with Crippen LogP contribution in [0.15, 0.2) is 30.6 Å². The van der Waals surface area contributed by atoms with Gasteiger partial charge in [-0.2, -0.15) is 5.26 Å². The summed E-state index contributed by atoms with van der Waals surface area (Å²) in [5.74, 6) is 0.723. The van der Waals surface area contributed by atoms with Crippen molar-refractivity contribution in [2.75, 3.05) is 6.54 Å². The van der Waals surface area contributed by atoms with Gasteiger partial charge in [0.05, 0.1) is 17.4 Å². The van der Waals surface area contributed by atoms with Gasteiger partial charge in [-0.1, -0.05) is 13.0 Å². The molecule has 0 N–H and O–H groups in total. The maximum absolute atomic E-state index is 13.0. The van der Waals surface area contributed by atoms with E-state index in [1.54, 1.807) is 28.6 Å². The van der Waals surface area contributed by atoms with Crippen molar-refractivity contribution in [3.63, 3.8) is 0 Å². The molecule has 0 spiro atoms. The first-order valence-corrected chi connectivity index (χ1v) is 9.15. The number of thiophene rings is 1. The van der Waals surface area contributed by atoms with Crippen LogP contribution in [0.25, 0.3) is 0 Å². The number of rotatable bonds is 5. The highest BCUT2D eigenvalue weighted by Crippen LogP contribution is 2.32. The van der Waals surface area contributed by atoms with Crippen molar-refractivity contribution < 1.29 is 4.79 Å². The molecule has 1 unspecified atom stereocenters. The highest BCUT2D eigenvalue weighted by molar-refractivity contribution is 7.14. The number of aryl methyl sites for hydroxylation is 1. The number of hydrogen-bond acceptors (Lipinski definition) is 4. The zero-order valence-electron chi connectivity index (χ0n) is 13.9. The smallest absolute Gasteiger partial charge is 0.264 e. The molecular weight excluding hydrogens is 318 g/mol. The van der Waals surface area contributed by atoms with Gasteiger partial charge in [-0.15, -0.1) is 11.3 Å². The zero-order chi connectivity index (χ0) is 16.9. The minimum Gasteiger partial charge on any atom is -0.333 e. The lowest BCUT2D eigenvalue weighted by Crippen LogP contribution is -2.31. The summed E-state index contributed by atoms with van der Waals surface area (Å²) in [4.78, 5) is 21.0. The molecule has 5 heteroatoms. The van der Waals surface area contributed by atoms with E-state index in [4.69, 9.17) is 5.26 Å². The third-order valence-electron chi connectivity index (χ3n) is 4.42. The third-order valence-corrected chi connectivity index (χ3v) is 5.64. The van der Waals surface area contributed by atoms with Crippen LogP contribution in [0.4, 0.5) is 0 Å². The summed E-state index contributed by atoms with van der Waals surface area (Å²) in [7, 11) is 0. The molecule has 0 fully saturated rings. The summed E-state index contributed by atoms with van der Waals surface area (Å²) < 4.78 is 0. The molecular formula is C19H21N3OS. The quantitative estimate of drug-likeness (QED) is 0.832. The molecule has 1 atom stereocenters. The predicted octanol–water partition coefficient (Wildman–Crippen LogP) is 3.82. The molecule has 0 saturated carbocycles. The first-order valence-electron chi connectivity index (χ1n) is 8.34. The van der Waals surface area contributed by atoms with Gasteiger partial charge in [0, 0.05) is 30.4 Å². The van der Waals surface area contributed by atoms with Gasteiger partial charge in [0.25, 0.3) is 5.91 Å². The molecule has 4 nitrogen and oxygen atoms in total. The number of nitrogens with zero attached hydrogens (tertiary/aromatic N) is 3. The molecule has 0 radical (unpaired) electrons. The fourth-order valence-electron chi connectivity index (χ4n) is 3.12. The van der Waals surface area contributed by atoms with E-state index < -0.39 is 0 Å². The number of hydrogen-bond donors (Lipinski definition) is 0. The molecule has 0 aromatic carbocycles. The van der Waals surface area contributed by atoms with Crippen molar-refractivity contribution in [1.29, 1.82) is 5.26 Å². The second-order valence-electron chi connectivity index (χ2n) is 6.40. The molecule has 1 amide bonds. The number of carbonyl (C=O) groups is 1. The Morgan fingerprint density at radius 3 is 3.17 bits per heavy atom. The van der Waals surface area contributed by atoms with Gasteiger partial charge in [0.15, 0.2) is 0 Å². The van der Waals surface area contributed by atoms with Gasteiger partial charge in [0.2, 0.25) is 0 Å². The maximum atomic E-state index is 13.0. The Hall–Kier alpha value is -2.19. The average Bonchev–Trinajstić information content (AvgIpc) is 3.02. The predicted molar refractivity (Wildman–Crippen MR) is 94.7 cm³/mol. The van der Waals surface area contributed by atoms with Crippen molar-refractivity contribution in [3.8, 4) is 6.07 Å². The van der Waals surface area contributed by atoms with Crippen molar-refractivity contribution in [3.05, 3.63) is 51.5 Å². The summed E-state index contributed by atoms with van der Waals surface area (Å²) >= 11 is 1.63. The minimum absolute atomic E-state index is 0.0288. The largest absolute Gasteiger partial charge is 0.333 e. The van der Waals surface area contributed by atoms with Crippen LogP contribution < -0.4 is 0 Å². The topological polar surface area (TPSA) is 57.0 Å². The number of carbonyl (C=O) groups excluding carboxylic acids is 1. The number of pyridine rings is 1. The summed E-state index contributed by atoms with van der Waals surface area (Å²) in [6.07, 6.45) is 7.19. The van der Waals surface area contributed by atoms with Crippen molar-refractivity contribution in [2.45, 2.75) is 39.2 Å². The lowest BCUT2D eigenvalue weighted by Gasteiger charge is -2.20. The van der Waals surface area contributed by atoms with Crippen LogP contribution in [0.3, 0.4) is 0 Å². The zero-order valence-corrected chi connectivity index (χ0v) is 14.7. The molecule has 3 rings (SSSR count). The van der Waals surface area contributed by atoms with E-state index in [2.05, 4.69) is 24.0 Å². The van der Waals surface area contributed by atoms with Crippen molar-refractivity contribution >= 4 is 17.2 Å². The van der Waals surface area contributed by atoms with Crippen LogP contribution in [0.2, 0.25) is 0 Å². The van der Waals surface area contributed by atoms with E-state index in [1.165, 1.54) is 16.9 Å². The van der Waals surface area contributed by atoms with E-state index in [1.807, 2.05) is 12.1 Å². The molecule has 2 aromatic rings. The van der Waals surface area contributed by atoms with Crippen LogP contribution in [0, 0.1) is 17.2 Å². The van der Waals surface area contributed by atoms with Crippen LogP contribution >= 0.6 is 11.3 Å². The molecule has 2 aromatic heterocycles. The number of aromatic nitrogens is 1. The van der Waals surface area contributed by atoms with Gasteiger partial charge < -0.3 is 4.90 Å². The number of nitriles is 1. The lowest BCUT2D eigenvalue weighted by molar-refractivity contribution is 0.0751. The highest BCUT2D eigenvalue weighted by atomic mass is 32.1. The van der Waals surface area contributed by atoms with Gasteiger partial charge >= 0.3 is 0 Å². The number of amides is 1. The summed E-state index contributed by atoms with van der Waals surface area (Å²) in [6.45, 7) is 3.21. The van der Waals surface area contributed by atoms with E-state index in [0.717, 1.165) is 23.3 Å². The number of fused-ring (bicyclic) bond motifs is 1. The van der Waals surface area contributed by atoms with Crippen molar-refractivity contribution in [1.82, 2.24) is 9.88 Å². The normalized spacial score (nSPS) is 16.2. The molecule has 2 heterocycles. The van der Waals surface area contributed by atoms with Crippen LogP contribution in [-0.4, -0.2) is 22.3 Å². The molecule has 0 bridgehead atoms. The SMILES string of the molecule is CC1CCc2sc(C(=O)N(CCC#N)Cc3cccnc3)cc2C1. The lowest BCUT2D eigenvalue weighted by atomic mass is 9.90. The first-order chi connectivity index (χ1) is 11.7. The van der Waals surface area contributed by atoms with Gasteiger partial charge in [-0.05, 0) is 48.4 Å². The van der Waals surface area contributed by atoms with E-state index in [0.29, 0.717) is 25.4 Å². The Balaban J connectivity index is 1.79. The van der Waals surface area contributed by atoms with Crippen LogP contribution in [-0.2, 0) is 19.4 Å². The van der Waals surface area contributed by atoms with Gasteiger partial charge in [-0.25, -0.2) is 0 Å². The Labute approximate surface area is 146 Å². The summed E-state index contributed by atoms with van der Waals surface area (Å²) in [5, 5.41) is 8.90. The molecule has 1 aliphatic carbocycles. The summed E-state index contributed by atoms with van der Waals surface area (Å²) in [6, 6.07) is 8.04. The van der Waals surface area contributed by atoms with Crippen LogP contribution in [0.1, 0.15) is 45.4 Å². The highest BCUT2D eigenvalue weighted by Gasteiger charge is 2.23. The second-order valence-corrected chi connectivity index (χ2v) is 7.54.